The van der Waals surface area contributed by atoms with Gasteiger partial charge < -0.3 is 9.38 Å². The molecule has 0 N–H and O–H groups in total. The van der Waals surface area contributed by atoms with Crippen LogP contribution in [0.25, 0.3) is 44.4 Å². The van der Waals surface area contributed by atoms with Crippen LogP contribution in [0.2, 0.25) is 0 Å². The zero-order valence-electron chi connectivity index (χ0n) is 37.6. The molecule has 0 radical (unpaired) electrons. The first-order valence-electron chi connectivity index (χ1n) is 21.9. The highest BCUT2D eigenvalue weighted by molar-refractivity contribution is 6.90. The zero-order valence-corrected chi connectivity index (χ0v) is 37.6. The van der Waals surface area contributed by atoms with Crippen molar-refractivity contribution in [2.75, 3.05) is 4.90 Å². The number of benzene rings is 6. The van der Waals surface area contributed by atoms with Crippen molar-refractivity contribution in [2.24, 2.45) is 0 Å². The molecule has 3 aliphatic rings. The van der Waals surface area contributed by atoms with Crippen LogP contribution in [-0.2, 0) is 28.1 Å². The van der Waals surface area contributed by atoms with Gasteiger partial charge in [0.1, 0.15) is 0 Å². The van der Waals surface area contributed by atoms with Crippen molar-refractivity contribution in [1.82, 2.24) is 4.48 Å². The van der Waals surface area contributed by atoms with E-state index in [0.717, 1.165) is 6.42 Å². The van der Waals surface area contributed by atoms with Gasteiger partial charge in [-0.3, -0.25) is 0 Å². The summed E-state index contributed by atoms with van der Waals surface area (Å²) in [5, 5.41) is 1.34. The molecule has 0 amide bonds. The highest BCUT2D eigenvalue weighted by atomic mass is 15.2. The lowest BCUT2D eigenvalue weighted by molar-refractivity contribution is 0.588. The molecule has 0 spiro atoms. The van der Waals surface area contributed by atoms with Crippen LogP contribution in [0.15, 0.2) is 109 Å². The predicted molar refractivity (Wildman–Crippen MR) is 256 cm³/mol. The molecule has 296 valence electrons. The lowest BCUT2D eigenvalue weighted by atomic mass is 9.44. The molecule has 0 aliphatic carbocycles. The molecule has 6 aromatic carbocycles. The van der Waals surface area contributed by atoms with Gasteiger partial charge in [0.05, 0.1) is 0 Å². The van der Waals surface area contributed by atoms with Crippen molar-refractivity contribution in [3.63, 3.8) is 0 Å². The fraction of sp³-hybridized carbons (Fsp3) is 0.321. The summed E-state index contributed by atoms with van der Waals surface area (Å²) in [6.07, 6.45) is 0.919. The lowest BCUT2D eigenvalue weighted by Crippen LogP contribution is -2.58. The molecule has 4 heterocycles. The van der Waals surface area contributed by atoms with Gasteiger partial charge in [-0.1, -0.05) is 168 Å². The Morgan fingerprint density at radius 2 is 1.10 bits per heavy atom. The normalized spacial score (nSPS) is 14.4. The average molecular weight is 771 g/mol. The Labute approximate surface area is 353 Å². The largest absolute Gasteiger partial charge is 0.375 e. The Balaban J connectivity index is 1.44. The minimum Gasteiger partial charge on any atom is -0.375 e. The third kappa shape index (κ3) is 5.67. The van der Waals surface area contributed by atoms with Gasteiger partial charge in [0.15, 0.2) is 0 Å². The molecule has 0 bridgehead atoms. The molecule has 2 nitrogen and oxygen atoms in total. The Bertz CT molecular complexity index is 2900. The molecule has 3 aliphatic heterocycles. The van der Waals surface area contributed by atoms with E-state index in [-0.39, 0.29) is 28.5 Å². The predicted octanol–water partition coefficient (Wildman–Crippen LogP) is 13.8. The highest BCUT2D eigenvalue weighted by Gasteiger charge is 2.47. The first kappa shape index (κ1) is 38.0. The van der Waals surface area contributed by atoms with E-state index in [4.69, 9.17) is 0 Å². The molecule has 59 heavy (non-hydrogen) atoms. The van der Waals surface area contributed by atoms with Crippen LogP contribution in [-0.4, -0.2) is 11.3 Å². The summed E-state index contributed by atoms with van der Waals surface area (Å²) in [5.74, 6) is 0. The summed E-state index contributed by atoms with van der Waals surface area (Å²) < 4.78 is 2.80. The van der Waals surface area contributed by atoms with Crippen LogP contribution in [0, 0.1) is 6.92 Å². The number of nitrogens with zero attached hydrogens (tertiary/aromatic N) is 2. The maximum Gasteiger partial charge on any atom is 0.333 e. The van der Waals surface area contributed by atoms with Crippen LogP contribution >= 0.6 is 0 Å². The number of fused-ring (bicyclic) bond motifs is 6. The molecular weight excluding hydrogens is 711 g/mol. The second-order valence-corrected chi connectivity index (χ2v) is 22.0. The number of rotatable bonds is 2. The van der Waals surface area contributed by atoms with E-state index in [1.165, 1.54) is 111 Å². The minimum absolute atomic E-state index is 0.0276. The van der Waals surface area contributed by atoms with Gasteiger partial charge in [0, 0.05) is 51.2 Å². The molecule has 10 rings (SSSR count). The smallest absolute Gasteiger partial charge is 0.333 e. The van der Waals surface area contributed by atoms with Crippen molar-refractivity contribution < 1.29 is 0 Å². The van der Waals surface area contributed by atoms with Crippen LogP contribution in [0.5, 0.6) is 0 Å². The number of aryl methyl sites for hydroxylation is 1. The summed E-state index contributed by atoms with van der Waals surface area (Å²) in [6.45, 7) is 30.7. The van der Waals surface area contributed by atoms with E-state index < -0.39 is 0 Å². The minimum atomic E-state index is -0.0589. The molecule has 0 saturated carbocycles. The second kappa shape index (κ2) is 12.4. The maximum absolute atomic E-state index is 2.80. The Morgan fingerprint density at radius 1 is 0.508 bits per heavy atom. The van der Waals surface area contributed by atoms with Crippen LogP contribution in [0.1, 0.15) is 122 Å². The first-order chi connectivity index (χ1) is 27.7. The number of anilines is 3. The van der Waals surface area contributed by atoms with E-state index in [2.05, 4.69) is 209 Å². The van der Waals surface area contributed by atoms with Crippen molar-refractivity contribution in [2.45, 2.75) is 118 Å². The summed E-state index contributed by atoms with van der Waals surface area (Å²) in [5.41, 5.74) is 25.7. The van der Waals surface area contributed by atoms with Crippen molar-refractivity contribution in [3.8, 4) is 33.5 Å². The zero-order chi connectivity index (χ0) is 41.7. The molecule has 7 aromatic rings. The standard InChI is InChI=1S/C56H59BN2/c1-33-19-17-18-22-41(33)48-44-30-39(55(8,9)10)29-43-42-28-40(56(11,12)13)32-47-49(42)57(59(52(43)44)51(48)34-20-15-14-16-21-34)45-31-38(54(5,6)7)27-36-25-35-26-37(53(2,3)4)23-24-46(35)58(47)50(36)45/h14-24,26-32H,25H2,1-13H3. The van der Waals surface area contributed by atoms with Crippen LogP contribution < -0.4 is 15.8 Å². The number of hydrogen-bond donors (Lipinski definition) is 0. The SMILES string of the molecule is Cc1ccccc1-c1c(-c2ccccc2)n2c3c(cc(C(C)(C)C)cc13)-c1cc(C(C)(C)C)cc3c1B2c1cc(C(C)(C)C)cc2c1N3c1ccc(C(C)(C)C)cc1C2. The van der Waals surface area contributed by atoms with Crippen LogP contribution in [0.3, 0.4) is 0 Å². The molecule has 0 fully saturated rings. The third-order valence-electron chi connectivity index (χ3n) is 13.7. The summed E-state index contributed by atoms with van der Waals surface area (Å²) in [7, 11) is 0. The van der Waals surface area contributed by atoms with Crippen molar-refractivity contribution >= 4 is 45.7 Å². The average Bonchev–Trinajstić information content (AvgIpc) is 3.50. The second-order valence-electron chi connectivity index (χ2n) is 22.0. The molecule has 0 unspecified atom stereocenters. The van der Waals surface area contributed by atoms with E-state index in [9.17, 15) is 0 Å². The topological polar surface area (TPSA) is 8.17 Å². The monoisotopic (exact) mass is 770 g/mol. The fourth-order valence-electron chi connectivity index (χ4n) is 10.3. The maximum atomic E-state index is 2.80. The Hall–Kier alpha value is -5.28. The van der Waals surface area contributed by atoms with E-state index >= 15 is 0 Å². The lowest BCUT2D eigenvalue weighted by Gasteiger charge is -2.46. The van der Waals surface area contributed by atoms with Gasteiger partial charge in [0.25, 0.3) is 0 Å². The summed E-state index contributed by atoms with van der Waals surface area (Å²) in [4.78, 5) is 2.69. The van der Waals surface area contributed by atoms with Gasteiger partial charge in [-0.15, -0.1) is 0 Å². The molecule has 0 atom stereocenters. The van der Waals surface area contributed by atoms with Gasteiger partial charge in [0.2, 0.25) is 0 Å². The number of hydrogen-bond acceptors (Lipinski definition) is 1. The molecule has 1 aromatic heterocycles. The number of aromatic nitrogens is 1. The van der Waals surface area contributed by atoms with E-state index in [1.807, 2.05) is 0 Å². The highest BCUT2D eigenvalue weighted by Crippen LogP contribution is 2.54. The fourth-order valence-corrected chi connectivity index (χ4v) is 10.3. The molecule has 3 heteroatoms. The van der Waals surface area contributed by atoms with E-state index in [1.54, 1.807) is 0 Å². The van der Waals surface area contributed by atoms with Crippen molar-refractivity contribution in [1.29, 1.82) is 0 Å². The summed E-state index contributed by atoms with van der Waals surface area (Å²) in [6, 6.07) is 43.0. The van der Waals surface area contributed by atoms with Crippen LogP contribution in [0.4, 0.5) is 17.1 Å². The Morgan fingerprint density at radius 3 is 1.76 bits per heavy atom. The first-order valence-corrected chi connectivity index (χ1v) is 21.9. The summed E-state index contributed by atoms with van der Waals surface area (Å²) >= 11 is 0. The van der Waals surface area contributed by atoms with Gasteiger partial charge in [-0.2, -0.15) is 0 Å². The Kier molecular flexibility index (Phi) is 7.97. The van der Waals surface area contributed by atoms with Gasteiger partial charge >= 0.3 is 6.85 Å². The van der Waals surface area contributed by atoms with Gasteiger partial charge in [-0.05, 0) is 119 Å². The van der Waals surface area contributed by atoms with Gasteiger partial charge in [-0.25, -0.2) is 0 Å². The third-order valence-corrected chi connectivity index (χ3v) is 13.7. The quantitative estimate of drug-likeness (QED) is 0.159. The molecular formula is C56H59BN2. The molecule has 0 saturated heterocycles. The van der Waals surface area contributed by atoms with E-state index in [0.29, 0.717) is 0 Å². The van der Waals surface area contributed by atoms with Crippen molar-refractivity contribution in [3.05, 3.63) is 148 Å².